The van der Waals surface area contributed by atoms with Crippen molar-refractivity contribution in [1.82, 2.24) is 25.0 Å². The van der Waals surface area contributed by atoms with Gasteiger partial charge in [-0.05, 0) is 49.9 Å². The molecule has 1 aliphatic heterocycles. The van der Waals surface area contributed by atoms with Gasteiger partial charge < -0.3 is 20.3 Å². The molecule has 0 spiro atoms. The number of hydrogen-bond donors (Lipinski definition) is 2. The summed E-state index contributed by atoms with van der Waals surface area (Å²) in [5, 5.41) is 10.4. The number of amides is 2. The van der Waals surface area contributed by atoms with Crippen LogP contribution in [-0.2, 0) is 4.74 Å². The number of carbonyl (C=O) groups is 2. The third-order valence-corrected chi connectivity index (χ3v) is 6.67. The molecule has 0 radical (unpaired) electrons. The van der Waals surface area contributed by atoms with Crippen LogP contribution in [-0.4, -0.2) is 70.1 Å². The van der Waals surface area contributed by atoms with Crippen molar-refractivity contribution in [2.75, 3.05) is 25.5 Å². The van der Waals surface area contributed by atoms with E-state index in [1.807, 2.05) is 6.07 Å². The molecule has 1 saturated carbocycles. The van der Waals surface area contributed by atoms with Crippen LogP contribution < -0.4 is 10.6 Å². The first-order chi connectivity index (χ1) is 17.8. The molecule has 1 saturated heterocycles. The maximum absolute atomic E-state index is 14.7. The van der Waals surface area contributed by atoms with E-state index in [1.165, 1.54) is 24.1 Å². The average Bonchev–Trinajstić information content (AvgIpc) is 3.56. The van der Waals surface area contributed by atoms with E-state index in [-0.39, 0.29) is 18.2 Å². The quantitative estimate of drug-likeness (QED) is 0.522. The summed E-state index contributed by atoms with van der Waals surface area (Å²) in [6, 6.07) is 4.35. The van der Waals surface area contributed by atoms with E-state index in [0.717, 1.165) is 24.0 Å². The molecule has 11 heteroatoms. The number of anilines is 1. The number of aromatic nitrogens is 3. The van der Waals surface area contributed by atoms with Crippen molar-refractivity contribution in [3.05, 3.63) is 59.9 Å². The number of pyridine rings is 1. The number of ether oxygens (including phenoxy) is 1. The van der Waals surface area contributed by atoms with Crippen molar-refractivity contribution in [3.63, 3.8) is 0 Å². The number of benzene rings is 1. The molecule has 1 unspecified atom stereocenters. The van der Waals surface area contributed by atoms with Crippen molar-refractivity contribution < 1.29 is 23.1 Å². The van der Waals surface area contributed by atoms with Gasteiger partial charge in [-0.25, -0.2) is 18.3 Å². The number of methoxy groups -OCH3 is 1. The van der Waals surface area contributed by atoms with E-state index in [9.17, 15) is 18.4 Å². The minimum Gasteiger partial charge on any atom is -0.453 e. The van der Waals surface area contributed by atoms with Crippen molar-refractivity contribution in [2.45, 2.75) is 44.4 Å². The first-order valence-electron chi connectivity index (χ1n) is 12.2. The number of piperidine rings is 1. The van der Waals surface area contributed by atoms with Crippen LogP contribution in [0.5, 0.6) is 0 Å². The molecule has 2 fully saturated rings. The number of aryl methyl sites for hydroxylation is 1. The first kappa shape index (κ1) is 24.7. The molecule has 1 aromatic carbocycles. The molecule has 9 nitrogen and oxygen atoms in total. The van der Waals surface area contributed by atoms with Crippen LogP contribution in [0.2, 0.25) is 0 Å². The average molecular weight is 511 g/mol. The lowest BCUT2D eigenvalue weighted by Crippen LogP contribution is -2.49. The van der Waals surface area contributed by atoms with Crippen LogP contribution in [0.4, 0.5) is 19.3 Å². The van der Waals surface area contributed by atoms with Gasteiger partial charge in [0.25, 0.3) is 5.91 Å². The number of halogens is 2. The standard InChI is InChI=1S/C26H28F2N6O3/c1-15-7-21(27)20(25(35)32-18-3-4-18)9-24(15)34-13-17(11-30-34)16-8-19(12-29-10-16)31-23-5-6-33(14-22(23)28)26(36)37-2/h7-13,18,22-23,31H,3-6,14H2,1-2H3,(H,32,35)/t22-,23?/m1/s1. The third kappa shape index (κ3) is 5.40. The maximum atomic E-state index is 14.7. The van der Waals surface area contributed by atoms with E-state index >= 15 is 0 Å². The van der Waals surface area contributed by atoms with E-state index in [1.54, 1.807) is 36.4 Å². The fourth-order valence-corrected chi connectivity index (χ4v) is 4.43. The van der Waals surface area contributed by atoms with E-state index < -0.39 is 30.0 Å². The monoisotopic (exact) mass is 510 g/mol. The summed E-state index contributed by atoms with van der Waals surface area (Å²) in [4.78, 5) is 29.8. The lowest BCUT2D eigenvalue weighted by molar-refractivity contribution is 0.0871. The molecule has 2 N–H and O–H groups in total. The minimum atomic E-state index is -1.26. The fraction of sp³-hybridized carbons (Fsp3) is 0.385. The zero-order chi connectivity index (χ0) is 26.1. The number of nitrogens with one attached hydrogen (secondary N) is 2. The van der Waals surface area contributed by atoms with Gasteiger partial charge in [0.2, 0.25) is 0 Å². The molecule has 1 aliphatic carbocycles. The first-order valence-corrected chi connectivity index (χ1v) is 12.2. The minimum absolute atomic E-state index is 0.0172. The predicted octanol–water partition coefficient (Wildman–Crippen LogP) is 3.86. The Morgan fingerprint density at radius 3 is 2.65 bits per heavy atom. The lowest BCUT2D eigenvalue weighted by Gasteiger charge is -2.34. The van der Waals surface area contributed by atoms with Gasteiger partial charge in [0.1, 0.15) is 12.0 Å². The summed E-state index contributed by atoms with van der Waals surface area (Å²) in [5.41, 5.74) is 3.36. The second-order valence-corrected chi connectivity index (χ2v) is 9.47. The largest absolute Gasteiger partial charge is 0.453 e. The van der Waals surface area contributed by atoms with Gasteiger partial charge in [0.15, 0.2) is 0 Å². The van der Waals surface area contributed by atoms with Gasteiger partial charge in [-0.15, -0.1) is 0 Å². The van der Waals surface area contributed by atoms with Gasteiger partial charge in [0, 0.05) is 42.3 Å². The second-order valence-electron chi connectivity index (χ2n) is 9.47. The molecular weight excluding hydrogens is 482 g/mol. The van der Waals surface area contributed by atoms with Crippen molar-refractivity contribution >= 4 is 17.7 Å². The zero-order valence-electron chi connectivity index (χ0n) is 20.6. The zero-order valence-corrected chi connectivity index (χ0v) is 20.6. The highest BCUT2D eigenvalue weighted by Gasteiger charge is 2.32. The van der Waals surface area contributed by atoms with Gasteiger partial charge in [-0.1, -0.05) is 0 Å². The molecule has 2 aliphatic rings. The van der Waals surface area contributed by atoms with Gasteiger partial charge in [-0.2, -0.15) is 5.10 Å². The Bertz CT molecular complexity index is 1330. The van der Waals surface area contributed by atoms with Crippen LogP contribution >= 0.6 is 0 Å². The summed E-state index contributed by atoms with van der Waals surface area (Å²) in [6.07, 6.45) is 7.18. The highest BCUT2D eigenvalue weighted by molar-refractivity contribution is 5.95. The van der Waals surface area contributed by atoms with Crippen LogP contribution in [0.15, 0.2) is 43.0 Å². The molecular formula is C26H28F2N6O3. The van der Waals surface area contributed by atoms with Crippen molar-refractivity contribution in [2.24, 2.45) is 0 Å². The number of rotatable bonds is 6. The molecule has 3 heterocycles. The SMILES string of the molecule is COC(=O)N1CCC(Nc2cncc(-c3cnn(-c4cc(C(=O)NC5CC5)c(F)cc4C)c3)c2)[C@H](F)C1. The number of alkyl halides is 1. The van der Waals surface area contributed by atoms with Crippen LogP contribution in [0.1, 0.15) is 35.2 Å². The van der Waals surface area contributed by atoms with Gasteiger partial charge in [0.05, 0.1) is 42.8 Å². The highest BCUT2D eigenvalue weighted by Crippen LogP contribution is 2.27. The Hall–Kier alpha value is -4.02. The molecule has 0 bridgehead atoms. The van der Waals surface area contributed by atoms with E-state index in [0.29, 0.717) is 29.9 Å². The Kier molecular flexibility index (Phi) is 6.77. The Morgan fingerprint density at radius 2 is 1.92 bits per heavy atom. The Labute approximate surface area is 212 Å². The van der Waals surface area contributed by atoms with Crippen LogP contribution in [0.25, 0.3) is 16.8 Å². The Balaban J connectivity index is 1.32. The van der Waals surface area contributed by atoms with Crippen molar-refractivity contribution in [3.8, 4) is 16.8 Å². The van der Waals surface area contributed by atoms with Gasteiger partial charge >= 0.3 is 6.09 Å². The number of likely N-dealkylation sites (tertiary alicyclic amines) is 1. The third-order valence-electron chi connectivity index (χ3n) is 6.67. The smallest absolute Gasteiger partial charge is 0.409 e. The molecule has 2 atom stereocenters. The van der Waals surface area contributed by atoms with Crippen molar-refractivity contribution in [1.29, 1.82) is 0 Å². The Morgan fingerprint density at radius 1 is 1.11 bits per heavy atom. The molecule has 2 aromatic heterocycles. The highest BCUT2D eigenvalue weighted by atomic mass is 19.1. The van der Waals surface area contributed by atoms with E-state index in [4.69, 9.17) is 0 Å². The molecule has 2 amide bonds. The summed E-state index contributed by atoms with van der Waals surface area (Å²) < 4.78 is 35.5. The number of carbonyl (C=O) groups excluding carboxylic acids is 2. The normalized spacial score (nSPS) is 19.4. The molecule has 194 valence electrons. The predicted molar refractivity (Wildman–Crippen MR) is 133 cm³/mol. The van der Waals surface area contributed by atoms with Crippen LogP contribution in [0, 0.1) is 12.7 Å². The number of hydrogen-bond acceptors (Lipinski definition) is 6. The fourth-order valence-electron chi connectivity index (χ4n) is 4.43. The molecule has 5 rings (SSSR count). The second kappa shape index (κ2) is 10.2. The molecule has 37 heavy (non-hydrogen) atoms. The summed E-state index contributed by atoms with van der Waals surface area (Å²) in [6.45, 7) is 2.11. The summed E-state index contributed by atoms with van der Waals surface area (Å²) in [5.74, 6) is -1.00. The summed E-state index contributed by atoms with van der Waals surface area (Å²) >= 11 is 0. The maximum Gasteiger partial charge on any atom is 0.409 e. The number of nitrogens with zero attached hydrogens (tertiary/aromatic N) is 4. The van der Waals surface area contributed by atoms with Crippen LogP contribution in [0.3, 0.4) is 0 Å². The lowest BCUT2D eigenvalue weighted by atomic mass is 10.0. The summed E-state index contributed by atoms with van der Waals surface area (Å²) in [7, 11) is 1.28. The van der Waals surface area contributed by atoms with Gasteiger partial charge in [-0.3, -0.25) is 9.78 Å². The van der Waals surface area contributed by atoms with E-state index in [2.05, 4.69) is 25.5 Å². The topological polar surface area (TPSA) is 101 Å². The molecule has 3 aromatic rings.